The molecule has 0 spiro atoms. The number of halogens is 2. The monoisotopic (exact) mass is 569 g/mol. The lowest BCUT2D eigenvalue weighted by Crippen LogP contribution is -2.33. The number of hydrogen-bond donors (Lipinski definition) is 1. The minimum Gasteiger partial charge on any atom is -0.477 e. The summed E-state index contributed by atoms with van der Waals surface area (Å²) in [6.07, 6.45) is 5.69. The van der Waals surface area contributed by atoms with Gasteiger partial charge in [0.25, 0.3) is 0 Å². The third kappa shape index (κ3) is 5.67. The summed E-state index contributed by atoms with van der Waals surface area (Å²) in [5.74, 6) is -0.459. The van der Waals surface area contributed by atoms with Crippen LogP contribution in [0.25, 0.3) is 15.9 Å². The Labute approximate surface area is 232 Å². The highest BCUT2D eigenvalue weighted by Crippen LogP contribution is 2.30. The van der Waals surface area contributed by atoms with E-state index in [0.717, 1.165) is 53.4 Å². The Hall–Kier alpha value is -3.38. The summed E-state index contributed by atoms with van der Waals surface area (Å²) in [6, 6.07) is 8.19. The third-order valence-electron chi connectivity index (χ3n) is 6.91. The van der Waals surface area contributed by atoms with Crippen LogP contribution in [0, 0.1) is 5.82 Å². The van der Waals surface area contributed by atoms with Gasteiger partial charge in [-0.1, -0.05) is 23.7 Å². The normalized spacial score (nSPS) is 17.7. The number of carbonyl (C=O) groups is 1. The molecule has 2 aliphatic heterocycles. The second kappa shape index (κ2) is 11.0. The van der Waals surface area contributed by atoms with Crippen molar-refractivity contribution in [3.63, 3.8) is 0 Å². The van der Waals surface area contributed by atoms with E-state index in [-0.39, 0.29) is 18.7 Å². The van der Waals surface area contributed by atoms with Crippen LogP contribution in [-0.2, 0) is 24.4 Å². The zero-order valence-electron chi connectivity index (χ0n) is 20.8. The average Bonchev–Trinajstić information content (AvgIpc) is 3.45. The number of aromatic nitrogens is 4. The molecule has 4 aromatic rings. The Morgan fingerprint density at radius 2 is 2.15 bits per heavy atom. The second-order valence-corrected chi connectivity index (χ2v) is 11.0. The number of aromatic carboxylic acids is 1. The number of benzene rings is 1. The molecule has 0 aliphatic carbocycles. The van der Waals surface area contributed by atoms with Crippen LogP contribution in [0.1, 0.15) is 39.6 Å². The van der Waals surface area contributed by atoms with Crippen molar-refractivity contribution in [2.24, 2.45) is 0 Å². The van der Waals surface area contributed by atoms with Gasteiger partial charge in [0, 0.05) is 36.5 Å². The van der Waals surface area contributed by atoms with E-state index in [4.69, 9.17) is 26.1 Å². The Morgan fingerprint density at radius 1 is 1.28 bits per heavy atom. The molecule has 2 aliphatic rings. The van der Waals surface area contributed by atoms with Crippen molar-refractivity contribution in [1.82, 2.24) is 24.4 Å². The van der Waals surface area contributed by atoms with Crippen LogP contribution in [0.2, 0.25) is 5.02 Å². The Bertz CT molecular complexity index is 1570. The summed E-state index contributed by atoms with van der Waals surface area (Å²) in [5, 5.41) is 9.73. The van der Waals surface area contributed by atoms with E-state index in [1.807, 2.05) is 6.07 Å². The van der Waals surface area contributed by atoms with Gasteiger partial charge in [-0.25, -0.2) is 19.2 Å². The van der Waals surface area contributed by atoms with Crippen molar-refractivity contribution in [3.8, 4) is 6.01 Å². The van der Waals surface area contributed by atoms with Gasteiger partial charge in [-0.3, -0.25) is 4.90 Å². The smallest absolute Gasteiger partial charge is 0.346 e. The van der Waals surface area contributed by atoms with Gasteiger partial charge < -0.3 is 19.1 Å². The first-order valence-corrected chi connectivity index (χ1v) is 13.8. The first-order valence-electron chi connectivity index (χ1n) is 12.6. The van der Waals surface area contributed by atoms with Gasteiger partial charge >= 0.3 is 12.0 Å². The highest BCUT2D eigenvalue weighted by atomic mass is 35.5. The van der Waals surface area contributed by atoms with Gasteiger partial charge in [0.2, 0.25) is 0 Å². The Morgan fingerprint density at radius 3 is 2.87 bits per heavy atom. The zero-order valence-corrected chi connectivity index (χ0v) is 22.4. The average molecular weight is 570 g/mol. The summed E-state index contributed by atoms with van der Waals surface area (Å²) < 4.78 is 27.5. The summed E-state index contributed by atoms with van der Waals surface area (Å²) >= 11 is 7.02. The minimum absolute atomic E-state index is 0.00321. The zero-order chi connectivity index (χ0) is 26.9. The number of rotatable bonds is 9. The lowest BCUT2D eigenvalue weighted by atomic mass is 10.0. The summed E-state index contributed by atoms with van der Waals surface area (Å²) in [6.45, 7) is 3.60. The first kappa shape index (κ1) is 25.9. The van der Waals surface area contributed by atoms with Crippen molar-refractivity contribution >= 4 is 44.8 Å². The molecule has 0 amide bonds. The lowest BCUT2D eigenvalue weighted by Gasteiger charge is -2.29. The van der Waals surface area contributed by atoms with Crippen LogP contribution < -0.4 is 4.74 Å². The van der Waals surface area contributed by atoms with Crippen LogP contribution in [0.3, 0.4) is 0 Å². The number of hydrogen-bond acceptors (Lipinski definition) is 8. The molecular weight excluding hydrogens is 545 g/mol. The van der Waals surface area contributed by atoms with E-state index in [0.29, 0.717) is 35.1 Å². The molecule has 0 bridgehead atoms. The molecule has 0 saturated carbocycles. The molecule has 1 atom stereocenters. The van der Waals surface area contributed by atoms with E-state index in [9.17, 15) is 14.3 Å². The van der Waals surface area contributed by atoms with Gasteiger partial charge in [0.1, 0.15) is 28.0 Å². The maximum absolute atomic E-state index is 14.1. The molecule has 6 rings (SSSR count). The number of thiophene rings is 1. The van der Waals surface area contributed by atoms with Crippen molar-refractivity contribution in [2.75, 3.05) is 19.7 Å². The van der Waals surface area contributed by atoms with Crippen molar-refractivity contribution in [2.45, 2.75) is 38.6 Å². The van der Waals surface area contributed by atoms with Gasteiger partial charge in [0.15, 0.2) is 0 Å². The van der Waals surface area contributed by atoms with Gasteiger partial charge in [-0.15, -0.1) is 11.3 Å². The van der Waals surface area contributed by atoms with E-state index in [2.05, 4.69) is 25.5 Å². The molecule has 1 saturated heterocycles. The molecule has 1 N–H and O–H groups in total. The molecule has 3 aromatic heterocycles. The summed E-state index contributed by atoms with van der Waals surface area (Å²) in [7, 11) is 0. The van der Waals surface area contributed by atoms with Gasteiger partial charge in [0.05, 0.1) is 30.4 Å². The number of fused-ring (bicyclic) bond motifs is 1. The van der Waals surface area contributed by atoms with Crippen molar-refractivity contribution < 1.29 is 23.8 Å². The Kier molecular flexibility index (Phi) is 7.30. The van der Waals surface area contributed by atoms with E-state index < -0.39 is 11.8 Å². The fourth-order valence-corrected chi connectivity index (χ4v) is 5.73. The molecule has 12 heteroatoms. The number of carboxylic acids is 1. The maximum atomic E-state index is 14.1. The quantitative estimate of drug-likeness (QED) is 0.299. The summed E-state index contributed by atoms with van der Waals surface area (Å²) in [4.78, 5) is 28.3. The molecule has 202 valence electrons. The Balaban J connectivity index is 1.13. The van der Waals surface area contributed by atoms with Crippen LogP contribution in [0.15, 0.2) is 42.6 Å². The van der Waals surface area contributed by atoms with E-state index in [1.54, 1.807) is 24.4 Å². The molecule has 39 heavy (non-hydrogen) atoms. The molecule has 9 nitrogen and oxygen atoms in total. The van der Waals surface area contributed by atoms with E-state index >= 15 is 0 Å². The number of nitrogens with zero attached hydrogens (tertiary/aromatic N) is 5. The fraction of sp³-hybridized carbons (Fsp3) is 0.333. The predicted octanol–water partition coefficient (Wildman–Crippen LogP) is 5.04. The topological polar surface area (TPSA) is 103 Å². The minimum atomic E-state index is -0.935. The van der Waals surface area contributed by atoms with E-state index in [1.165, 1.54) is 17.4 Å². The largest absolute Gasteiger partial charge is 0.477 e. The molecule has 5 heterocycles. The standard InChI is InChI=1S/C27H25ClFN5O4S/c28-18-2-1-17(20(29)11-18)15-38-27-30-7-3-21(31-27)16-4-8-33(9-5-16)14-24-32-25-22(12-23(39-25)26(35)36)34(24)13-19-6-10-37-19/h1-4,7,11-12,19H,5-6,8-10,13-15H2,(H,35,36)/t19-/m0/s1. The molecule has 0 radical (unpaired) electrons. The number of imidazole rings is 1. The maximum Gasteiger partial charge on any atom is 0.346 e. The van der Waals surface area contributed by atoms with Crippen molar-refractivity contribution in [3.05, 3.63) is 75.4 Å². The van der Waals surface area contributed by atoms with Crippen LogP contribution in [0.4, 0.5) is 4.39 Å². The summed E-state index contributed by atoms with van der Waals surface area (Å²) in [5.41, 5.74) is 3.10. The molecule has 0 unspecified atom stereocenters. The van der Waals surface area contributed by atoms with Crippen LogP contribution in [0.5, 0.6) is 6.01 Å². The van der Waals surface area contributed by atoms with Crippen LogP contribution >= 0.6 is 22.9 Å². The first-order chi connectivity index (χ1) is 18.9. The number of ether oxygens (including phenoxy) is 2. The predicted molar refractivity (Wildman–Crippen MR) is 145 cm³/mol. The molecule has 1 fully saturated rings. The SMILES string of the molecule is O=C(O)c1cc2c(nc(CN3CC=C(c4ccnc(OCc5ccc(Cl)cc5F)n4)CC3)n2C[C@@H]2CCO2)s1. The lowest BCUT2D eigenvalue weighted by molar-refractivity contribution is -0.0591. The highest BCUT2D eigenvalue weighted by Gasteiger charge is 2.25. The van der Waals surface area contributed by atoms with Gasteiger partial charge in [-0.2, -0.15) is 4.98 Å². The van der Waals surface area contributed by atoms with Crippen molar-refractivity contribution in [1.29, 1.82) is 0 Å². The van der Waals surface area contributed by atoms with Crippen LogP contribution in [-0.4, -0.2) is 61.3 Å². The highest BCUT2D eigenvalue weighted by molar-refractivity contribution is 7.20. The third-order valence-corrected chi connectivity index (χ3v) is 8.15. The second-order valence-electron chi connectivity index (χ2n) is 9.49. The molecule has 1 aromatic carbocycles. The van der Waals surface area contributed by atoms with Gasteiger partial charge in [-0.05, 0) is 42.7 Å². The fourth-order valence-electron chi connectivity index (χ4n) is 4.68. The number of carboxylic acid groups (broad SMARTS) is 1. The molecular formula is C27H25ClFN5O4S.